The molecule has 82 valence electrons. The molecule has 0 amide bonds. The lowest BCUT2D eigenvalue weighted by Crippen LogP contribution is -2.12. The lowest BCUT2D eigenvalue weighted by molar-refractivity contribution is 0.722. The van der Waals surface area contributed by atoms with E-state index in [9.17, 15) is 0 Å². The molecule has 0 aliphatic rings. The maximum absolute atomic E-state index is 6.15. The fourth-order valence-corrected chi connectivity index (χ4v) is 1.96. The number of nitrogens with two attached hydrogens (primary N) is 1. The summed E-state index contributed by atoms with van der Waals surface area (Å²) in [6.45, 7) is 0. The van der Waals surface area contributed by atoms with Crippen LogP contribution < -0.4 is 5.73 Å². The minimum absolute atomic E-state index is 0.0716. The van der Waals surface area contributed by atoms with Crippen molar-refractivity contribution in [3.05, 3.63) is 70.2 Å². The Hall–Kier alpha value is -1.12. The third-order valence-corrected chi connectivity index (χ3v) is 3.13. The molecule has 0 saturated carbocycles. The van der Waals surface area contributed by atoms with Crippen LogP contribution in [0.5, 0.6) is 0 Å². The van der Waals surface area contributed by atoms with Crippen molar-refractivity contribution in [1.29, 1.82) is 0 Å². The van der Waals surface area contributed by atoms with Gasteiger partial charge in [0, 0.05) is 10.5 Å². The lowest BCUT2D eigenvalue weighted by Gasteiger charge is -2.11. The Labute approximate surface area is 104 Å². The Balaban J connectivity index is 2.08. The molecule has 0 heterocycles. The molecule has 0 bridgehead atoms. The van der Waals surface area contributed by atoms with E-state index in [-0.39, 0.29) is 6.04 Å². The second-order valence-corrected chi connectivity index (χ2v) is 4.76. The topological polar surface area (TPSA) is 26.0 Å². The maximum Gasteiger partial charge on any atom is 0.0335 e. The maximum atomic E-state index is 6.15. The van der Waals surface area contributed by atoms with Gasteiger partial charge in [-0.3, -0.25) is 0 Å². The van der Waals surface area contributed by atoms with Gasteiger partial charge < -0.3 is 5.73 Å². The summed E-state index contributed by atoms with van der Waals surface area (Å²) < 4.78 is 1.10. The quantitative estimate of drug-likeness (QED) is 0.909. The van der Waals surface area contributed by atoms with Crippen LogP contribution in [-0.4, -0.2) is 0 Å². The molecule has 2 N–H and O–H groups in total. The van der Waals surface area contributed by atoms with Crippen LogP contribution >= 0.6 is 15.9 Å². The molecular weight excluding hydrogens is 262 g/mol. The predicted octanol–water partition coefficient (Wildman–Crippen LogP) is 3.69. The van der Waals surface area contributed by atoms with Crippen LogP contribution in [-0.2, 0) is 6.42 Å². The van der Waals surface area contributed by atoms with Crippen molar-refractivity contribution in [3.63, 3.8) is 0 Å². The summed E-state index contributed by atoms with van der Waals surface area (Å²) in [5.74, 6) is 0. The number of hydrogen-bond donors (Lipinski definition) is 1. The molecule has 0 radical (unpaired) electrons. The van der Waals surface area contributed by atoms with Crippen molar-refractivity contribution < 1.29 is 0 Å². The van der Waals surface area contributed by atoms with E-state index < -0.39 is 0 Å². The zero-order valence-corrected chi connectivity index (χ0v) is 10.5. The molecule has 2 aromatic carbocycles. The highest BCUT2D eigenvalue weighted by Crippen LogP contribution is 2.17. The van der Waals surface area contributed by atoms with Gasteiger partial charge in [-0.25, -0.2) is 0 Å². The van der Waals surface area contributed by atoms with E-state index in [0.29, 0.717) is 0 Å². The summed E-state index contributed by atoms with van der Waals surface area (Å²) in [4.78, 5) is 0. The van der Waals surface area contributed by atoms with Crippen molar-refractivity contribution >= 4 is 15.9 Å². The van der Waals surface area contributed by atoms with E-state index in [0.717, 1.165) is 10.9 Å². The number of halogens is 1. The first-order valence-electron chi connectivity index (χ1n) is 5.30. The predicted molar refractivity (Wildman–Crippen MR) is 71.2 cm³/mol. The number of rotatable bonds is 3. The largest absolute Gasteiger partial charge is 0.324 e. The first-order valence-corrected chi connectivity index (χ1v) is 6.10. The van der Waals surface area contributed by atoms with Gasteiger partial charge in [0.2, 0.25) is 0 Å². The van der Waals surface area contributed by atoms with Crippen molar-refractivity contribution in [2.75, 3.05) is 0 Å². The van der Waals surface area contributed by atoms with E-state index in [1.54, 1.807) is 0 Å². The van der Waals surface area contributed by atoms with Gasteiger partial charge in [-0.15, -0.1) is 0 Å². The van der Waals surface area contributed by atoms with Gasteiger partial charge in [0.1, 0.15) is 0 Å². The Morgan fingerprint density at radius 2 is 1.56 bits per heavy atom. The first-order chi connectivity index (χ1) is 7.75. The summed E-state index contributed by atoms with van der Waals surface area (Å²) >= 11 is 3.43. The SMILES string of the molecule is N[C@@H](Cc1ccc(Br)cc1)c1ccccc1. The molecule has 0 aromatic heterocycles. The molecule has 2 heteroatoms. The van der Waals surface area contributed by atoms with Gasteiger partial charge in [-0.05, 0) is 29.7 Å². The summed E-state index contributed by atoms with van der Waals surface area (Å²) in [5.41, 5.74) is 8.60. The highest BCUT2D eigenvalue weighted by molar-refractivity contribution is 9.10. The molecule has 0 unspecified atom stereocenters. The van der Waals surface area contributed by atoms with Crippen molar-refractivity contribution in [1.82, 2.24) is 0 Å². The van der Waals surface area contributed by atoms with Crippen LogP contribution in [0.4, 0.5) is 0 Å². The third kappa shape index (κ3) is 2.94. The molecular formula is C14H14BrN. The van der Waals surface area contributed by atoms with Gasteiger partial charge in [0.15, 0.2) is 0 Å². The normalized spacial score (nSPS) is 12.4. The zero-order chi connectivity index (χ0) is 11.4. The highest BCUT2D eigenvalue weighted by atomic mass is 79.9. The molecule has 1 nitrogen and oxygen atoms in total. The van der Waals surface area contributed by atoms with Crippen LogP contribution in [0.1, 0.15) is 17.2 Å². The molecule has 0 spiro atoms. The molecule has 1 atom stereocenters. The second-order valence-electron chi connectivity index (χ2n) is 3.85. The molecule has 16 heavy (non-hydrogen) atoms. The fraction of sp³-hybridized carbons (Fsp3) is 0.143. The van der Waals surface area contributed by atoms with Crippen LogP contribution in [0.25, 0.3) is 0 Å². The van der Waals surface area contributed by atoms with Gasteiger partial charge in [0.05, 0.1) is 0 Å². The minimum Gasteiger partial charge on any atom is -0.324 e. The van der Waals surface area contributed by atoms with E-state index in [2.05, 4.69) is 40.2 Å². The Morgan fingerprint density at radius 3 is 2.19 bits per heavy atom. The average molecular weight is 276 g/mol. The van der Waals surface area contributed by atoms with Crippen LogP contribution in [0, 0.1) is 0 Å². The highest BCUT2D eigenvalue weighted by Gasteiger charge is 2.05. The molecule has 0 aliphatic carbocycles. The molecule has 0 saturated heterocycles. The van der Waals surface area contributed by atoms with Gasteiger partial charge >= 0.3 is 0 Å². The smallest absolute Gasteiger partial charge is 0.0335 e. The van der Waals surface area contributed by atoms with E-state index in [4.69, 9.17) is 5.73 Å². The first kappa shape index (κ1) is 11.4. The van der Waals surface area contributed by atoms with Crippen molar-refractivity contribution in [2.45, 2.75) is 12.5 Å². The van der Waals surface area contributed by atoms with Gasteiger partial charge in [-0.1, -0.05) is 58.4 Å². The van der Waals surface area contributed by atoms with Gasteiger partial charge in [-0.2, -0.15) is 0 Å². The molecule has 2 rings (SSSR count). The Bertz CT molecular complexity index is 436. The summed E-state index contributed by atoms with van der Waals surface area (Å²) in [7, 11) is 0. The van der Waals surface area contributed by atoms with Crippen LogP contribution in [0.2, 0.25) is 0 Å². The summed E-state index contributed by atoms with van der Waals surface area (Å²) in [6.07, 6.45) is 0.872. The fourth-order valence-electron chi connectivity index (χ4n) is 1.69. The van der Waals surface area contributed by atoms with Crippen molar-refractivity contribution in [2.24, 2.45) is 5.73 Å². The number of benzene rings is 2. The van der Waals surface area contributed by atoms with E-state index in [1.165, 1.54) is 11.1 Å². The lowest BCUT2D eigenvalue weighted by atomic mass is 10.00. The van der Waals surface area contributed by atoms with Crippen LogP contribution in [0.3, 0.4) is 0 Å². The molecule has 2 aromatic rings. The Morgan fingerprint density at radius 1 is 0.938 bits per heavy atom. The zero-order valence-electron chi connectivity index (χ0n) is 8.94. The molecule has 0 fully saturated rings. The van der Waals surface area contributed by atoms with Crippen LogP contribution in [0.15, 0.2) is 59.1 Å². The van der Waals surface area contributed by atoms with Crippen molar-refractivity contribution in [3.8, 4) is 0 Å². The monoisotopic (exact) mass is 275 g/mol. The standard InChI is InChI=1S/C14H14BrN/c15-13-8-6-11(7-9-13)10-14(16)12-4-2-1-3-5-12/h1-9,14H,10,16H2/t14-/m0/s1. The summed E-state index contributed by atoms with van der Waals surface area (Å²) in [6, 6.07) is 18.6. The number of hydrogen-bond acceptors (Lipinski definition) is 1. The second kappa shape index (κ2) is 5.28. The van der Waals surface area contributed by atoms with E-state index >= 15 is 0 Å². The Kier molecular flexibility index (Phi) is 3.75. The minimum atomic E-state index is 0.0716. The van der Waals surface area contributed by atoms with E-state index in [1.807, 2.05) is 30.3 Å². The average Bonchev–Trinajstić information content (AvgIpc) is 2.33. The van der Waals surface area contributed by atoms with Gasteiger partial charge in [0.25, 0.3) is 0 Å². The third-order valence-electron chi connectivity index (χ3n) is 2.60. The molecule has 0 aliphatic heterocycles. The summed E-state index contributed by atoms with van der Waals surface area (Å²) in [5, 5.41) is 0.